The van der Waals surface area contributed by atoms with Crippen molar-refractivity contribution < 1.29 is 4.42 Å². The van der Waals surface area contributed by atoms with Crippen LogP contribution < -0.4 is 5.32 Å². The zero-order valence-corrected chi connectivity index (χ0v) is 12.2. The van der Waals surface area contributed by atoms with Gasteiger partial charge in [0.25, 0.3) is 0 Å². The van der Waals surface area contributed by atoms with E-state index < -0.39 is 0 Å². The molecule has 0 aliphatic carbocycles. The third-order valence-electron chi connectivity index (χ3n) is 3.67. The lowest BCUT2D eigenvalue weighted by Crippen LogP contribution is -2.56. The van der Waals surface area contributed by atoms with Crippen LogP contribution in [-0.4, -0.2) is 35.6 Å². The number of benzene rings is 1. The molecule has 0 unspecified atom stereocenters. The molecule has 1 aromatic carbocycles. The van der Waals surface area contributed by atoms with Crippen LogP contribution in [0.4, 0.5) is 0 Å². The van der Waals surface area contributed by atoms with Gasteiger partial charge in [-0.2, -0.15) is 0 Å². The molecule has 1 aliphatic rings. The van der Waals surface area contributed by atoms with Crippen molar-refractivity contribution in [3.8, 4) is 11.5 Å². The van der Waals surface area contributed by atoms with E-state index in [4.69, 9.17) is 16.0 Å². The molecule has 2 heterocycles. The van der Waals surface area contributed by atoms with Crippen molar-refractivity contribution in [2.45, 2.75) is 19.5 Å². The summed E-state index contributed by atoms with van der Waals surface area (Å²) in [5.74, 6) is 0.630. The lowest BCUT2D eigenvalue weighted by molar-refractivity contribution is 0.143. The van der Waals surface area contributed by atoms with E-state index in [0.29, 0.717) is 17.0 Å². The number of halogens is 1. The molecule has 3 rings (SSSR count). The van der Waals surface area contributed by atoms with Gasteiger partial charge in [-0.25, -0.2) is 4.98 Å². The summed E-state index contributed by atoms with van der Waals surface area (Å²) in [4.78, 5) is 6.98. The van der Waals surface area contributed by atoms with Gasteiger partial charge in [-0.05, 0) is 24.7 Å². The molecule has 106 valence electrons. The van der Waals surface area contributed by atoms with E-state index in [9.17, 15) is 0 Å². The standard InChI is InChI=1S/C15H18ClN3O/c1-2-19(14-7-17-8-14)9-13-10-20-15(18-13)11-4-3-5-12(16)6-11/h3-6,10,14,17H,2,7-9H2,1H3. The van der Waals surface area contributed by atoms with E-state index in [1.807, 2.05) is 24.3 Å². The molecule has 0 spiro atoms. The minimum absolute atomic E-state index is 0.617. The third kappa shape index (κ3) is 2.87. The van der Waals surface area contributed by atoms with Crippen LogP contribution in [0.25, 0.3) is 11.5 Å². The maximum absolute atomic E-state index is 5.99. The zero-order valence-electron chi connectivity index (χ0n) is 11.5. The van der Waals surface area contributed by atoms with Crippen molar-refractivity contribution in [2.24, 2.45) is 0 Å². The summed E-state index contributed by atoms with van der Waals surface area (Å²) in [7, 11) is 0. The van der Waals surface area contributed by atoms with Crippen LogP contribution in [0.15, 0.2) is 34.9 Å². The van der Waals surface area contributed by atoms with Crippen molar-refractivity contribution in [3.05, 3.63) is 41.2 Å². The Morgan fingerprint density at radius 2 is 2.30 bits per heavy atom. The first-order valence-corrected chi connectivity index (χ1v) is 7.29. The first-order chi connectivity index (χ1) is 9.76. The second-order valence-electron chi connectivity index (χ2n) is 5.03. The number of likely N-dealkylation sites (N-methyl/N-ethyl adjacent to an activating group) is 1. The normalized spacial score (nSPS) is 15.6. The van der Waals surface area contributed by atoms with Gasteiger partial charge < -0.3 is 9.73 Å². The van der Waals surface area contributed by atoms with E-state index in [0.717, 1.165) is 37.4 Å². The number of nitrogens with one attached hydrogen (secondary N) is 1. The van der Waals surface area contributed by atoms with Gasteiger partial charge in [0.1, 0.15) is 6.26 Å². The van der Waals surface area contributed by atoms with Gasteiger partial charge in [-0.3, -0.25) is 4.90 Å². The summed E-state index contributed by atoms with van der Waals surface area (Å²) in [5, 5.41) is 3.99. The van der Waals surface area contributed by atoms with Crippen molar-refractivity contribution in [3.63, 3.8) is 0 Å². The Morgan fingerprint density at radius 1 is 1.45 bits per heavy atom. The number of oxazole rings is 1. The average molecular weight is 292 g/mol. The number of aromatic nitrogens is 1. The fourth-order valence-electron chi connectivity index (χ4n) is 2.37. The maximum Gasteiger partial charge on any atom is 0.226 e. The number of rotatable bonds is 5. The molecular weight excluding hydrogens is 274 g/mol. The van der Waals surface area contributed by atoms with Gasteiger partial charge >= 0.3 is 0 Å². The lowest BCUT2D eigenvalue weighted by atomic mass is 10.1. The predicted octanol–water partition coefficient (Wildman–Crippen LogP) is 2.79. The van der Waals surface area contributed by atoms with Gasteiger partial charge in [0.15, 0.2) is 0 Å². The maximum atomic E-state index is 5.99. The Bertz CT molecular complexity index is 580. The van der Waals surface area contributed by atoms with Gasteiger partial charge in [0, 0.05) is 36.3 Å². The highest BCUT2D eigenvalue weighted by atomic mass is 35.5. The van der Waals surface area contributed by atoms with Gasteiger partial charge in [0.2, 0.25) is 5.89 Å². The van der Waals surface area contributed by atoms with E-state index in [1.54, 1.807) is 6.26 Å². The largest absolute Gasteiger partial charge is 0.444 e. The number of nitrogens with zero attached hydrogens (tertiary/aromatic N) is 2. The predicted molar refractivity (Wildman–Crippen MR) is 79.7 cm³/mol. The summed E-state index contributed by atoms with van der Waals surface area (Å²) >= 11 is 5.99. The van der Waals surface area contributed by atoms with E-state index in [1.165, 1.54) is 0 Å². The molecule has 0 bridgehead atoms. The van der Waals surface area contributed by atoms with Crippen molar-refractivity contribution >= 4 is 11.6 Å². The van der Waals surface area contributed by atoms with Gasteiger partial charge in [-0.15, -0.1) is 0 Å². The number of hydrogen-bond acceptors (Lipinski definition) is 4. The molecule has 0 saturated carbocycles. The molecule has 0 radical (unpaired) electrons. The summed E-state index contributed by atoms with van der Waals surface area (Å²) in [6, 6.07) is 8.18. The average Bonchev–Trinajstić information content (AvgIpc) is 2.84. The molecule has 1 aromatic heterocycles. The lowest BCUT2D eigenvalue weighted by Gasteiger charge is -2.37. The molecule has 1 fully saturated rings. The van der Waals surface area contributed by atoms with E-state index in [-0.39, 0.29) is 0 Å². The molecule has 0 amide bonds. The van der Waals surface area contributed by atoms with Crippen LogP contribution >= 0.6 is 11.6 Å². The second kappa shape index (κ2) is 5.95. The molecule has 2 aromatic rings. The van der Waals surface area contributed by atoms with E-state index >= 15 is 0 Å². The third-order valence-corrected chi connectivity index (χ3v) is 3.91. The summed E-state index contributed by atoms with van der Waals surface area (Å²) < 4.78 is 5.57. The molecule has 1 aliphatic heterocycles. The Morgan fingerprint density at radius 3 is 2.95 bits per heavy atom. The molecule has 5 heteroatoms. The fraction of sp³-hybridized carbons (Fsp3) is 0.400. The van der Waals surface area contributed by atoms with Crippen LogP contribution in [0.1, 0.15) is 12.6 Å². The molecule has 4 nitrogen and oxygen atoms in total. The Labute approximate surface area is 123 Å². The van der Waals surface area contributed by atoms with Crippen LogP contribution in [-0.2, 0) is 6.54 Å². The minimum Gasteiger partial charge on any atom is -0.444 e. The quantitative estimate of drug-likeness (QED) is 0.920. The highest BCUT2D eigenvalue weighted by molar-refractivity contribution is 6.30. The summed E-state index contributed by atoms with van der Waals surface area (Å²) in [6.45, 7) is 6.15. The second-order valence-corrected chi connectivity index (χ2v) is 5.47. The van der Waals surface area contributed by atoms with Crippen molar-refractivity contribution in [1.29, 1.82) is 0 Å². The Balaban J connectivity index is 1.73. The SMILES string of the molecule is CCN(Cc1coc(-c2cccc(Cl)c2)n1)C1CNC1. The molecule has 1 saturated heterocycles. The van der Waals surface area contributed by atoms with Crippen LogP contribution in [0.5, 0.6) is 0 Å². The fourth-order valence-corrected chi connectivity index (χ4v) is 2.56. The molecule has 0 atom stereocenters. The Hall–Kier alpha value is -1.36. The molecule has 1 N–H and O–H groups in total. The Kier molecular flexibility index (Phi) is 4.05. The van der Waals surface area contributed by atoms with Crippen LogP contribution in [0.3, 0.4) is 0 Å². The molecular formula is C15H18ClN3O. The highest BCUT2D eigenvalue weighted by Gasteiger charge is 2.24. The molecule has 20 heavy (non-hydrogen) atoms. The van der Waals surface area contributed by atoms with Crippen LogP contribution in [0.2, 0.25) is 5.02 Å². The van der Waals surface area contributed by atoms with Gasteiger partial charge in [0.05, 0.1) is 5.69 Å². The van der Waals surface area contributed by atoms with Crippen molar-refractivity contribution in [1.82, 2.24) is 15.2 Å². The topological polar surface area (TPSA) is 41.3 Å². The number of hydrogen-bond donors (Lipinski definition) is 1. The van der Waals surface area contributed by atoms with E-state index in [2.05, 4.69) is 22.1 Å². The van der Waals surface area contributed by atoms with Crippen molar-refractivity contribution in [2.75, 3.05) is 19.6 Å². The van der Waals surface area contributed by atoms with Gasteiger partial charge in [-0.1, -0.05) is 24.6 Å². The summed E-state index contributed by atoms with van der Waals surface area (Å²) in [6.07, 6.45) is 1.74. The highest BCUT2D eigenvalue weighted by Crippen LogP contribution is 2.22. The summed E-state index contributed by atoms with van der Waals surface area (Å²) in [5.41, 5.74) is 1.88. The first kappa shape index (κ1) is 13.6. The monoisotopic (exact) mass is 291 g/mol. The zero-order chi connectivity index (χ0) is 13.9. The first-order valence-electron chi connectivity index (χ1n) is 6.91. The minimum atomic E-state index is 0.617. The van der Waals surface area contributed by atoms with Crippen LogP contribution in [0, 0.1) is 0 Å². The smallest absolute Gasteiger partial charge is 0.226 e.